The third kappa shape index (κ3) is 5.54. The number of aromatic amines is 1. The number of ether oxygens (including phenoxy) is 3. The summed E-state index contributed by atoms with van der Waals surface area (Å²) in [7, 11) is -2.97. The van der Waals surface area contributed by atoms with Crippen LogP contribution in [0.25, 0.3) is 0 Å². The smallest absolute Gasteiger partial charge is 0.338 e. The van der Waals surface area contributed by atoms with Gasteiger partial charge in [-0.2, -0.15) is 0 Å². The summed E-state index contributed by atoms with van der Waals surface area (Å²) in [5, 5.41) is 0. The average Bonchev–Trinajstić information content (AvgIpc) is 3.09. The number of H-pyrrole nitrogens is 1. The van der Waals surface area contributed by atoms with Crippen LogP contribution in [0.3, 0.4) is 0 Å². The molecular weight excluding hydrogens is 415 g/mol. The molecule has 1 fully saturated rings. The molecule has 0 amide bonds. The fourth-order valence-corrected chi connectivity index (χ4v) is 4.06. The molecule has 0 aliphatic carbocycles. The van der Waals surface area contributed by atoms with Gasteiger partial charge in [-0.3, -0.25) is 18.9 Å². The van der Waals surface area contributed by atoms with Crippen LogP contribution in [0.5, 0.6) is 0 Å². The van der Waals surface area contributed by atoms with Gasteiger partial charge in [0, 0.05) is 25.3 Å². The van der Waals surface area contributed by atoms with E-state index >= 15 is 0 Å². The SMILES string of the molecule is CCOP(C)(=O)CO[C@@H]1C[C@H](OC(=O)c2ccccc2)[C@H](n2ccc(=O)[nH]c2=O)O1. The van der Waals surface area contributed by atoms with E-state index in [9.17, 15) is 18.9 Å². The Balaban J connectivity index is 1.79. The van der Waals surface area contributed by atoms with E-state index in [0.717, 1.165) is 10.6 Å². The van der Waals surface area contributed by atoms with Crippen LogP contribution >= 0.6 is 7.37 Å². The van der Waals surface area contributed by atoms with E-state index in [0.29, 0.717) is 5.56 Å². The lowest BCUT2D eigenvalue weighted by molar-refractivity contribution is -0.147. The number of carbonyl (C=O) groups is 1. The number of hydrogen-bond donors (Lipinski definition) is 1. The first-order valence-electron chi connectivity index (χ1n) is 9.34. The molecule has 0 spiro atoms. The number of benzene rings is 1. The van der Waals surface area contributed by atoms with Crippen LogP contribution in [0, 0.1) is 0 Å². The summed E-state index contributed by atoms with van der Waals surface area (Å²) in [6.45, 7) is 3.44. The molecule has 3 rings (SSSR count). The molecule has 4 atom stereocenters. The zero-order valence-corrected chi connectivity index (χ0v) is 17.4. The summed E-state index contributed by atoms with van der Waals surface area (Å²) in [6, 6.07) is 9.52. The van der Waals surface area contributed by atoms with Crippen molar-refractivity contribution in [3.8, 4) is 0 Å². The van der Waals surface area contributed by atoms with Gasteiger partial charge >= 0.3 is 11.7 Å². The summed E-state index contributed by atoms with van der Waals surface area (Å²) in [5.74, 6) is -0.595. The molecule has 1 saturated heterocycles. The minimum absolute atomic E-state index is 0.0981. The highest BCUT2D eigenvalue weighted by Crippen LogP contribution is 2.43. The van der Waals surface area contributed by atoms with Crippen molar-refractivity contribution in [2.75, 3.05) is 19.6 Å². The molecule has 162 valence electrons. The van der Waals surface area contributed by atoms with Crippen molar-refractivity contribution in [2.45, 2.75) is 32.0 Å². The third-order valence-electron chi connectivity index (χ3n) is 4.32. The Morgan fingerprint density at radius 2 is 2.00 bits per heavy atom. The van der Waals surface area contributed by atoms with Crippen LogP contribution < -0.4 is 11.2 Å². The molecule has 1 aromatic heterocycles. The lowest BCUT2D eigenvalue weighted by atomic mass is 10.2. The van der Waals surface area contributed by atoms with Gasteiger partial charge in [-0.05, 0) is 19.1 Å². The van der Waals surface area contributed by atoms with Gasteiger partial charge in [-0.15, -0.1) is 0 Å². The van der Waals surface area contributed by atoms with Crippen molar-refractivity contribution in [3.63, 3.8) is 0 Å². The molecule has 10 nitrogen and oxygen atoms in total. The van der Waals surface area contributed by atoms with Gasteiger partial charge in [-0.25, -0.2) is 9.59 Å². The summed E-state index contributed by atoms with van der Waals surface area (Å²) in [4.78, 5) is 38.2. The lowest BCUT2D eigenvalue weighted by Crippen LogP contribution is -2.36. The Kier molecular flexibility index (Phi) is 7.04. The molecule has 30 heavy (non-hydrogen) atoms. The first-order valence-corrected chi connectivity index (χ1v) is 11.6. The minimum Gasteiger partial charge on any atom is -0.454 e. The first kappa shape index (κ1) is 22.2. The average molecular weight is 438 g/mol. The molecule has 0 radical (unpaired) electrons. The van der Waals surface area contributed by atoms with Gasteiger partial charge in [0.1, 0.15) is 6.35 Å². The maximum Gasteiger partial charge on any atom is 0.338 e. The molecular formula is C19H23N2O8P. The van der Waals surface area contributed by atoms with Crippen molar-refractivity contribution in [1.29, 1.82) is 0 Å². The summed E-state index contributed by atoms with van der Waals surface area (Å²) >= 11 is 0. The van der Waals surface area contributed by atoms with E-state index in [4.69, 9.17) is 18.7 Å². The van der Waals surface area contributed by atoms with Crippen LogP contribution in [-0.4, -0.2) is 47.5 Å². The molecule has 11 heteroatoms. The maximum atomic E-state index is 12.5. The quantitative estimate of drug-likeness (QED) is 0.489. The normalized spacial score (nSPS) is 23.1. The number of rotatable bonds is 8. The standard InChI is InChI=1S/C19H23N2O8P/c1-3-27-30(2,25)12-26-16-11-14(28-18(23)13-7-5-4-6-8-13)17(29-16)21-10-9-15(22)20-19(21)24/h4-10,14,16-17H,3,11-12H2,1-2H3,(H,20,22,24)/t14-,16-,17+,30?/m0/s1. The second-order valence-corrected chi connectivity index (χ2v) is 9.29. The number of nitrogens with zero attached hydrogens (tertiary/aromatic N) is 1. The van der Waals surface area contributed by atoms with Gasteiger partial charge < -0.3 is 18.7 Å². The molecule has 1 unspecified atom stereocenters. The van der Waals surface area contributed by atoms with E-state index in [1.807, 2.05) is 0 Å². The van der Waals surface area contributed by atoms with Crippen molar-refractivity contribution in [1.82, 2.24) is 9.55 Å². The molecule has 1 aliphatic heterocycles. The largest absolute Gasteiger partial charge is 0.454 e. The monoisotopic (exact) mass is 438 g/mol. The van der Waals surface area contributed by atoms with Gasteiger partial charge in [0.05, 0.1) is 12.2 Å². The predicted molar refractivity (Wildman–Crippen MR) is 107 cm³/mol. The number of carbonyl (C=O) groups excluding carboxylic acids is 1. The van der Waals surface area contributed by atoms with Gasteiger partial charge in [-0.1, -0.05) is 18.2 Å². The molecule has 1 N–H and O–H groups in total. The van der Waals surface area contributed by atoms with E-state index in [2.05, 4.69) is 4.98 Å². The second-order valence-electron chi connectivity index (χ2n) is 6.75. The van der Waals surface area contributed by atoms with Gasteiger partial charge in [0.2, 0.25) is 7.37 Å². The Morgan fingerprint density at radius 1 is 1.27 bits per heavy atom. The molecule has 2 aromatic rings. The van der Waals surface area contributed by atoms with E-state index in [-0.39, 0.29) is 19.4 Å². The second kappa shape index (κ2) is 9.53. The van der Waals surface area contributed by atoms with Crippen LogP contribution in [0.15, 0.2) is 52.2 Å². The molecule has 0 saturated carbocycles. The highest BCUT2D eigenvalue weighted by atomic mass is 31.2. The lowest BCUT2D eigenvalue weighted by Gasteiger charge is -2.20. The van der Waals surface area contributed by atoms with Crippen molar-refractivity contribution < 1.29 is 28.1 Å². The molecule has 0 bridgehead atoms. The third-order valence-corrected chi connectivity index (χ3v) is 5.75. The van der Waals surface area contributed by atoms with Crippen molar-refractivity contribution in [3.05, 3.63) is 69.0 Å². The first-order chi connectivity index (χ1) is 14.3. The Bertz CT molecular complexity index is 1030. The summed E-state index contributed by atoms with van der Waals surface area (Å²) in [5.41, 5.74) is -0.947. The van der Waals surface area contributed by atoms with Gasteiger partial charge in [0.15, 0.2) is 18.6 Å². The zero-order valence-electron chi connectivity index (χ0n) is 16.6. The maximum absolute atomic E-state index is 12.5. The van der Waals surface area contributed by atoms with E-state index in [1.54, 1.807) is 37.3 Å². The Labute approximate surface area is 172 Å². The predicted octanol–water partition coefficient (Wildman–Crippen LogP) is 1.93. The van der Waals surface area contributed by atoms with Crippen molar-refractivity contribution in [2.24, 2.45) is 0 Å². The minimum atomic E-state index is -2.97. The fraction of sp³-hybridized carbons (Fsp3) is 0.421. The summed E-state index contributed by atoms with van der Waals surface area (Å²) in [6.07, 6.45) is -1.65. The van der Waals surface area contributed by atoms with Crippen LogP contribution in [0.4, 0.5) is 0 Å². The fourth-order valence-electron chi connectivity index (χ4n) is 3.00. The zero-order chi connectivity index (χ0) is 21.7. The molecule has 1 aromatic carbocycles. The van der Waals surface area contributed by atoms with Crippen LogP contribution in [0.2, 0.25) is 0 Å². The van der Waals surface area contributed by atoms with Gasteiger partial charge in [0.25, 0.3) is 5.56 Å². The van der Waals surface area contributed by atoms with E-state index < -0.39 is 43.2 Å². The number of esters is 1. The van der Waals surface area contributed by atoms with Crippen molar-refractivity contribution >= 4 is 13.3 Å². The van der Waals surface area contributed by atoms with Crippen LogP contribution in [0.1, 0.15) is 29.9 Å². The number of nitrogens with one attached hydrogen (secondary N) is 1. The highest BCUT2D eigenvalue weighted by molar-refractivity contribution is 7.57. The highest BCUT2D eigenvalue weighted by Gasteiger charge is 2.41. The molecule has 2 heterocycles. The number of aromatic nitrogens is 2. The summed E-state index contributed by atoms with van der Waals surface area (Å²) < 4.78 is 35.4. The Hall–Kier alpha value is -2.52. The number of hydrogen-bond acceptors (Lipinski definition) is 8. The van der Waals surface area contributed by atoms with E-state index in [1.165, 1.54) is 12.9 Å². The topological polar surface area (TPSA) is 126 Å². The molecule has 1 aliphatic rings. The Morgan fingerprint density at radius 3 is 2.67 bits per heavy atom. The van der Waals surface area contributed by atoms with Crippen LogP contribution in [-0.2, 0) is 23.3 Å².